The van der Waals surface area contributed by atoms with E-state index in [2.05, 4.69) is 28.9 Å². The van der Waals surface area contributed by atoms with Crippen molar-refractivity contribution in [1.82, 2.24) is 14.9 Å². The summed E-state index contributed by atoms with van der Waals surface area (Å²) in [6.07, 6.45) is 4.85. The van der Waals surface area contributed by atoms with Gasteiger partial charge in [0, 0.05) is 40.3 Å². The fourth-order valence-electron chi connectivity index (χ4n) is 5.23. The quantitative estimate of drug-likeness (QED) is 0.296. The van der Waals surface area contributed by atoms with E-state index in [9.17, 15) is 9.59 Å². The molecule has 1 aliphatic rings. The maximum atomic E-state index is 12.7. The van der Waals surface area contributed by atoms with Gasteiger partial charge in [0.15, 0.2) is 6.61 Å². The Balaban J connectivity index is 1.32. The summed E-state index contributed by atoms with van der Waals surface area (Å²) in [7, 11) is 0. The van der Waals surface area contributed by atoms with Gasteiger partial charge in [0.25, 0.3) is 11.8 Å². The van der Waals surface area contributed by atoms with Gasteiger partial charge in [-0.3, -0.25) is 9.59 Å². The number of benzene rings is 2. The predicted molar refractivity (Wildman–Crippen MR) is 153 cm³/mol. The third-order valence-electron chi connectivity index (χ3n) is 7.21. The van der Waals surface area contributed by atoms with Crippen LogP contribution in [0.3, 0.4) is 0 Å². The number of piperidine rings is 1. The number of hydrogen-bond acceptors (Lipinski definition) is 5. The number of hydrogen-bond donors (Lipinski definition) is 1. The van der Waals surface area contributed by atoms with Gasteiger partial charge in [0.1, 0.15) is 11.5 Å². The van der Waals surface area contributed by atoms with Crippen molar-refractivity contribution in [3.63, 3.8) is 0 Å². The molecule has 2 amide bonds. The van der Waals surface area contributed by atoms with Crippen LogP contribution in [0.4, 0.5) is 0 Å². The molecule has 4 rings (SSSR count). The molecule has 206 valence electrons. The van der Waals surface area contributed by atoms with Crippen molar-refractivity contribution in [2.75, 3.05) is 13.2 Å². The predicted octanol–water partition coefficient (Wildman–Crippen LogP) is 5.43. The zero-order valence-electron chi connectivity index (χ0n) is 23.4. The molecule has 1 N–H and O–H groups in total. The van der Waals surface area contributed by atoms with Crippen molar-refractivity contribution in [2.45, 2.75) is 66.0 Å². The van der Waals surface area contributed by atoms with E-state index in [1.807, 2.05) is 56.0 Å². The number of aromatic nitrogens is 1. The first-order valence-corrected chi connectivity index (χ1v) is 13.6. The average molecular weight is 531 g/mol. The summed E-state index contributed by atoms with van der Waals surface area (Å²) in [5.74, 6) is 1.04. The van der Waals surface area contributed by atoms with Gasteiger partial charge in [-0.1, -0.05) is 0 Å². The van der Waals surface area contributed by atoms with Crippen LogP contribution in [0.15, 0.2) is 59.7 Å². The van der Waals surface area contributed by atoms with Crippen molar-refractivity contribution >= 4 is 18.0 Å². The normalized spacial score (nSPS) is 17.3. The van der Waals surface area contributed by atoms with Crippen LogP contribution < -0.4 is 14.9 Å². The molecule has 0 radical (unpaired) electrons. The Hall–Kier alpha value is -4.07. The highest BCUT2D eigenvalue weighted by molar-refractivity contribution is 5.95. The van der Waals surface area contributed by atoms with E-state index in [0.29, 0.717) is 17.9 Å². The van der Waals surface area contributed by atoms with Gasteiger partial charge in [-0.25, -0.2) is 5.43 Å². The van der Waals surface area contributed by atoms with E-state index in [-0.39, 0.29) is 30.5 Å². The lowest BCUT2D eigenvalue weighted by atomic mass is 9.97. The van der Waals surface area contributed by atoms with Crippen molar-refractivity contribution in [3.8, 4) is 17.2 Å². The largest absolute Gasteiger partial charge is 0.494 e. The number of nitrogens with one attached hydrogen (secondary N) is 1. The van der Waals surface area contributed by atoms with Crippen molar-refractivity contribution in [2.24, 2.45) is 5.10 Å². The lowest BCUT2D eigenvalue weighted by Gasteiger charge is -2.38. The van der Waals surface area contributed by atoms with Gasteiger partial charge in [0.05, 0.1) is 12.8 Å². The SMILES string of the molecule is CCOc1ccc(-n2c(C)cc(/C=N/NC(=O)c3ccc(OCC(=O)N4C(C)CCCC4C)cc3)c2C)cc1. The van der Waals surface area contributed by atoms with Gasteiger partial charge < -0.3 is 18.9 Å². The third kappa shape index (κ3) is 6.69. The van der Waals surface area contributed by atoms with Gasteiger partial charge in [-0.15, -0.1) is 0 Å². The molecule has 8 heteroatoms. The minimum Gasteiger partial charge on any atom is -0.494 e. The molecule has 8 nitrogen and oxygen atoms in total. The Kier molecular flexibility index (Phi) is 9.07. The first kappa shape index (κ1) is 28.0. The molecule has 1 aromatic heterocycles. The van der Waals surface area contributed by atoms with Gasteiger partial charge in [0.2, 0.25) is 0 Å². The van der Waals surface area contributed by atoms with Crippen LogP contribution >= 0.6 is 0 Å². The minimum absolute atomic E-state index is 0.00672. The molecule has 2 heterocycles. The van der Waals surface area contributed by atoms with Crippen LogP contribution in [0.25, 0.3) is 5.69 Å². The van der Waals surface area contributed by atoms with Crippen molar-refractivity contribution < 1.29 is 19.1 Å². The van der Waals surface area contributed by atoms with Crippen LogP contribution in [0.5, 0.6) is 11.5 Å². The van der Waals surface area contributed by atoms with E-state index in [4.69, 9.17) is 9.47 Å². The van der Waals surface area contributed by atoms with Crippen LogP contribution in [-0.4, -0.2) is 52.8 Å². The fraction of sp³-hybridized carbons (Fsp3) is 0.387. The Bertz CT molecular complexity index is 1300. The molecule has 2 aromatic carbocycles. The highest BCUT2D eigenvalue weighted by Gasteiger charge is 2.29. The van der Waals surface area contributed by atoms with Gasteiger partial charge >= 0.3 is 0 Å². The molecule has 39 heavy (non-hydrogen) atoms. The van der Waals surface area contributed by atoms with Crippen LogP contribution in [0, 0.1) is 13.8 Å². The lowest BCUT2D eigenvalue weighted by molar-refractivity contribution is -0.139. The molecule has 0 spiro atoms. The number of nitrogens with zero attached hydrogens (tertiary/aromatic N) is 3. The number of aryl methyl sites for hydroxylation is 1. The second-order valence-corrected chi connectivity index (χ2v) is 10.0. The highest BCUT2D eigenvalue weighted by Crippen LogP contribution is 2.24. The van der Waals surface area contributed by atoms with Crippen LogP contribution in [0.1, 0.15) is 67.3 Å². The number of carbonyl (C=O) groups is 2. The topological polar surface area (TPSA) is 85.2 Å². The summed E-state index contributed by atoms with van der Waals surface area (Å²) in [6, 6.07) is 17.1. The van der Waals surface area contributed by atoms with Gasteiger partial charge in [-0.2, -0.15) is 5.10 Å². The van der Waals surface area contributed by atoms with E-state index in [1.165, 1.54) is 0 Å². The highest BCUT2D eigenvalue weighted by atomic mass is 16.5. The van der Waals surface area contributed by atoms with Crippen LogP contribution in [0.2, 0.25) is 0 Å². The van der Waals surface area contributed by atoms with E-state index >= 15 is 0 Å². The van der Waals surface area contributed by atoms with E-state index < -0.39 is 0 Å². The third-order valence-corrected chi connectivity index (χ3v) is 7.21. The van der Waals surface area contributed by atoms with E-state index in [0.717, 1.165) is 47.7 Å². The molecule has 2 atom stereocenters. The molecule has 0 saturated carbocycles. The molecule has 1 saturated heterocycles. The Morgan fingerprint density at radius 1 is 0.974 bits per heavy atom. The van der Waals surface area contributed by atoms with Gasteiger partial charge in [-0.05, 0) is 108 Å². The van der Waals surface area contributed by atoms with E-state index in [1.54, 1.807) is 30.5 Å². The molecule has 0 bridgehead atoms. The second kappa shape index (κ2) is 12.7. The summed E-state index contributed by atoms with van der Waals surface area (Å²) < 4.78 is 13.4. The summed E-state index contributed by atoms with van der Waals surface area (Å²) in [5.41, 5.74) is 7.05. The zero-order chi connectivity index (χ0) is 27.9. The summed E-state index contributed by atoms with van der Waals surface area (Å²) >= 11 is 0. The number of ether oxygens (including phenoxy) is 2. The molecule has 2 unspecified atom stereocenters. The molecule has 0 aliphatic carbocycles. The summed E-state index contributed by atoms with van der Waals surface area (Å²) in [4.78, 5) is 27.2. The summed E-state index contributed by atoms with van der Waals surface area (Å²) in [6.45, 7) is 10.8. The Labute approximate surface area is 230 Å². The number of carbonyl (C=O) groups excluding carboxylic acids is 2. The maximum absolute atomic E-state index is 12.7. The lowest BCUT2D eigenvalue weighted by Crippen LogP contribution is -2.49. The molecular weight excluding hydrogens is 492 g/mol. The maximum Gasteiger partial charge on any atom is 0.271 e. The monoisotopic (exact) mass is 530 g/mol. The number of hydrazone groups is 1. The first-order chi connectivity index (χ1) is 18.8. The number of likely N-dealkylation sites (tertiary alicyclic amines) is 1. The minimum atomic E-state index is -0.329. The number of amides is 2. The average Bonchev–Trinajstić information content (AvgIpc) is 3.20. The standard InChI is InChI=1S/C31H38N4O4/c1-6-38-28-16-12-27(13-17-28)35-23(4)18-26(24(35)5)19-32-33-31(37)25-10-14-29(15-11-25)39-20-30(36)34-21(2)8-7-9-22(34)3/h10-19,21-22H,6-9,20H2,1-5H3,(H,33,37)/b32-19+. The smallest absolute Gasteiger partial charge is 0.271 e. The second-order valence-electron chi connectivity index (χ2n) is 10.0. The van der Waals surface area contributed by atoms with Crippen molar-refractivity contribution in [1.29, 1.82) is 0 Å². The fourth-order valence-corrected chi connectivity index (χ4v) is 5.23. The van der Waals surface area contributed by atoms with Crippen molar-refractivity contribution in [3.05, 3.63) is 77.1 Å². The van der Waals surface area contributed by atoms with Crippen LogP contribution in [-0.2, 0) is 4.79 Å². The zero-order valence-corrected chi connectivity index (χ0v) is 23.4. The summed E-state index contributed by atoms with van der Waals surface area (Å²) in [5, 5.41) is 4.17. The molecule has 1 fully saturated rings. The Morgan fingerprint density at radius 2 is 1.59 bits per heavy atom. The molecular formula is C31H38N4O4. The Morgan fingerprint density at radius 3 is 2.23 bits per heavy atom. The molecule has 3 aromatic rings. The number of rotatable bonds is 9. The first-order valence-electron chi connectivity index (χ1n) is 13.6. The molecule has 1 aliphatic heterocycles.